The zero-order valence-corrected chi connectivity index (χ0v) is 16.6. The summed E-state index contributed by atoms with van der Waals surface area (Å²) in [5.41, 5.74) is 3.01. The predicted octanol–water partition coefficient (Wildman–Crippen LogP) is 3.00. The summed E-state index contributed by atoms with van der Waals surface area (Å²) in [7, 11) is 1.66. The number of allylic oxidation sites excluding steroid dienone is 1. The Labute approximate surface area is 170 Å². The van der Waals surface area contributed by atoms with E-state index < -0.39 is 0 Å². The fourth-order valence-electron chi connectivity index (χ4n) is 3.78. The van der Waals surface area contributed by atoms with E-state index in [4.69, 9.17) is 4.74 Å². The van der Waals surface area contributed by atoms with Gasteiger partial charge < -0.3 is 19.7 Å². The number of nitrogens with zero attached hydrogens (tertiary/aromatic N) is 2. The number of methoxy groups -OCH3 is 1. The Hall–Kier alpha value is -3.30. The number of hydrogen-bond acceptors (Lipinski definition) is 4. The number of benzene rings is 2. The summed E-state index contributed by atoms with van der Waals surface area (Å²) < 4.78 is 5.24. The average Bonchev–Trinajstić information content (AvgIpc) is 3.50. The van der Waals surface area contributed by atoms with E-state index in [0.29, 0.717) is 11.9 Å². The molecule has 0 bridgehead atoms. The first kappa shape index (κ1) is 19.0. The minimum atomic E-state index is -0.215. The summed E-state index contributed by atoms with van der Waals surface area (Å²) in [5, 5.41) is 20.8. The quantitative estimate of drug-likeness (QED) is 0.428. The molecule has 1 saturated carbocycles. The van der Waals surface area contributed by atoms with E-state index in [2.05, 4.69) is 28.2 Å². The van der Waals surface area contributed by atoms with Crippen molar-refractivity contribution >= 4 is 16.6 Å². The molecule has 6 nitrogen and oxygen atoms in total. The molecule has 1 fully saturated rings. The molecule has 29 heavy (non-hydrogen) atoms. The molecule has 0 amide bonds. The molecule has 0 spiro atoms. The van der Waals surface area contributed by atoms with Crippen LogP contribution >= 0.6 is 0 Å². The number of nitrogens with one attached hydrogen (secondary N) is 2. The predicted molar refractivity (Wildman–Crippen MR) is 111 cm³/mol. The maximum absolute atomic E-state index is 11.0. The molecule has 0 aliphatic heterocycles. The highest BCUT2D eigenvalue weighted by Crippen LogP contribution is 2.22. The van der Waals surface area contributed by atoms with Crippen molar-refractivity contribution in [3.63, 3.8) is 0 Å². The van der Waals surface area contributed by atoms with Gasteiger partial charge in [-0.25, -0.2) is 4.98 Å². The highest BCUT2D eigenvalue weighted by Gasteiger charge is 2.39. The monoisotopic (exact) mass is 389 g/mol. The van der Waals surface area contributed by atoms with E-state index in [1.54, 1.807) is 7.11 Å². The number of hydrogen-bond donors (Lipinski definition) is 3. The molecule has 1 aliphatic carbocycles. The van der Waals surface area contributed by atoms with E-state index in [-0.39, 0.29) is 17.4 Å². The second kappa shape index (κ2) is 7.98. The van der Waals surface area contributed by atoms with Gasteiger partial charge >= 0.3 is 0 Å². The Morgan fingerprint density at radius 1 is 1.28 bits per heavy atom. The van der Waals surface area contributed by atoms with Crippen molar-refractivity contribution in [2.24, 2.45) is 0 Å². The van der Waals surface area contributed by atoms with Gasteiger partial charge in [-0.2, -0.15) is 5.26 Å². The Bertz CT molecular complexity index is 1040. The lowest BCUT2D eigenvalue weighted by atomic mass is 10.1. The fraction of sp³-hybridized carbons (Fsp3) is 0.304. The standard InChI is InChI=1S/C23H24N4O2/c1-15(27(17-9-10-17)14-16-7-11-18(29-2)12-8-16)22(28)19(13-24)23-25-20-5-3-4-6-21(20)26-23/h3-8,11-12,15,17,28H,9-10,14H2,1-2H3,(H,25,26)/p+1/b22-19-/t15-/m1/s1. The van der Waals surface area contributed by atoms with Gasteiger partial charge in [0.1, 0.15) is 30.0 Å². The third-order valence-electron chi connectivity index (χ3n) is 5.63. The van der Waals surface area contributed by atoms with E-state index in [1.807, 2.05) is 43.3 Å². The summed E-state index contributed by atoms with van der Waals surface area (Å²) in [5.74, 6) is 1.33. The van der Waals surface area contributed by atoms with Crippen LogP contribution < -0.4 is 9.64 Å². The van der Waals surface area contributed by atoms with Crippen LogP contribution in [-0.4, -0.2) is 34.3 Å². The molecule has 4 rings (SSSR count). The summed E-state index contributed by atoms with van der Waals surface area (Å²) in [4.78, 5) is 8.91. The van der Waals surface area contributed by atoms with Crippen molar-refractivity contribution in [2.75, 3.05) is 7.11 Å². The van der Waals surface area contributed by atoms with E-state index in [9.17, 15) is 10.4 Å². The van der Waals surface area contributed by atoms with Gasteiger partial charge in [0.15, 0.2) is 11.6 Å². The van der Waals surface area contributed by atoms with Crippen molar-refractivity contribution in [1.82, 2.24) is 9.97 Å². The first-order chi connectivity index (χ1) is 14.1. The SMILES string of the molecule is COc1ccc(C[NH+](C2CC2)[C@H](C)/C(O)=C(\C#N)c2nc3ccccc3[nH]2)cc1. The molecule has 1 unspecified atom stereocenters. The number of imidazole rings is 1. The van der Waals surface area contributed by atoms with Crippen molar-refractivity contribution < 1.29 is 14.7 Å². The highest BCUT2D eigenvalue weighted by atomic mass is 16.5. The van der Waals surface area contributed by atoms with Gasteiger partial charge in [0.2, 0.25) is 0 Å². The molecular formula is C23H25N4O2+. The molecule has 2 atom stereocenters. The molecule has 1 aromatic heterocycles. The number of para-hydroxylation sites is 2. The van der Waals surface area contributed by atoms with Gasteiger partial charge in [-0.05, 0) is 43.3 Å². The number of aromatic amines is 1. The third kappa shape index (κ3) is 3.96. The van der Waals surface area contributed by atoms with Crippen LogP contribution in [0.1, 0.15) is 31.2 Å². The molecule has 0 radical (unpaired) electrons. The molecule has 3 N–H and O–H groups in total. The number of nitriles is 1. The van der Waals surface area contributed by atoms with Crippen molar-refractivity contribution in [2.45, 2.75) is 38.4 Å². The van der Waals surface area contributed by atoms with E-state index in [0.717, 1.165) is 36.2 Å². The highest BCUT2D eigenvalue weighted by molar-refractivity contribution is 5.82. The largest absolute Gasteiger partial charge is 0.505 e. The maximum Gasteiger partial charge on any atom is 0.172 e. The molecule has 3 aromatic rings. The lowest BCUT2D eigenvalue weighted by Crippen LogP contribution is -3.15. The second-order valence-corrected chi connectivity index (χ2v) is 7.57. The van der Waals surface area contributed by atoms with Crippen LogP contribution in [0.4, 0.5) is 0 Å². The Morgan fingerprint density at radius 2 is 2.00 bits per heavy atom. The van der Waals surface area contributed by atoms with Gasteiger partial charge in [-0.15, -0.1) is 0 Å². The number of aliphatic hydroxyl groups excluding tert-OH is 1. The van der Waals surface area contributed by atoms with Crippen LogP contribution in [0.25, 0.3) is 16.6 Å². The molecule has 148 valence electrons. The zero-order chi connectivity index (χ0) is 20.4. The lowest BCUT2D eigenvalue weighted by Gasteiger charge is -2.26. The molecule has 1 heterocycles. The van der Waals surface area contributed by atoms with Crippen LogP contribution in [0.5, 0.6) is 5.75 Å². The van der Waals surface area contributed by atoms with Gasteiger partial charge in [-0.1, -0.05) is 12.1 Å². The molecule has 1 aliphatic rings. The van der Waals surface area contributed by atoms with E-state index in [1.165, 1.54) is 10.5 Å². The normalized spacial score (nSPS) is 16.7. The topological polar surface area (TPSA) is 86.4 Å². The third-order valence-corrected chi connectivity index (χ3v) is 5.63. The number of H-pyrrole nitrogens is 1. The molecule has 2 aromatic carbocycles. The van der Waals surface area contributed by atoms with Crippen LogP contribution in [-0.2, 0) is 6.54 Å². The molecular weight excluding hydrogens is 364 g/mol. The number of rotatable bonds is 7. The van der Waals surface area contributed by atoms with Crippen LogP contribution in [0.2, 0.25) is 0 Å². The minimum absolute atomic E-state index is 0.0852. The first-order valence-corrected chi connectivity index (χ1v) is 9.87. The van der Waals surface area contributed by atoms with Crippen LogP contribution in [0.15, 0.2) is 54.3 Å². The fourth-order valence-corrected chi connectivity index (χ4v) is 3.78. The Kier molecular flexibility index (Phi) is 5.24. The number of ether oxygens (including phenoxy) is 1. The first-order valence-electron chi connectivity index (χ1n) is 9.87. The van der Waals surface area contributed by atoms with Gasteiger partial charge in [0.05, 0.1) is 24.2 Å². The van der Waals surface area contributed by atoms with Crippen molar-refractivity contribution in [3.05, 3.63) is 65.7 Å². The smallest absolute Gasteiger partial charge is 0.172 e. The van der Waals surface area contributed by atoms with Crippen molar-refractivity contribution in [1.29, 1.82) is 5.26 Å². The minimum Gasteiger partial charge on any atom is -0.505 e. The number of aliphatic hydroxyl groups is 1. The van der Waals surface area contributed by atoms with Gasteiger partial charge in [0, 0.05) is 18.4 Å². The molecule has 6 heteroatoms. The van der Waals surface area contributed by atoms with Crippen molar-refractivity contribution in [3.8, 4) is 11.8 Å². The summed E-state index contributed by atoms with van der Waals surface area (Å²) in [6, 6.07) is 18.1. The van der Waals surface area contributed by atoms with Crippen LogP contribution in [0.3, 0.4) is 0 Å². The lowest BCUT2D eigenvalue weighted by molar-refractivity contribution is -0.943. The number of aromatic nitrogens is 2. The van der Waals surface area contributed by atoms with Gasteiger partial charge in [0.25, 0.3) is 0 Å². The zero-order valence-electron chi connectivity index (χ0n) is 16.6. The number of fused-ring (bicyclic) bond motifs is 1. The summed E-state index contributed by atoms with van der Waals surface area (Å²) in [6.07, 6.45) is 2.27. The second-order valence-electron chi connectivity index (χ2n) is 7.57. The Morgan fingerprint density at radius 3 is 2.62 bits per heavy atom. The van der Waals surface area contributed by atoms with E-state index >= 15 is 0 Å². The summed E-state index contributed by atoms with van der Waals surface area (Å²) in [6.45, 7) is 2.76. The van der Waals surface area contributed by atoms with Crippen LogP contribution in [0, 0.1) is 11.3 Å². The number of quaternary nitrogens is 1. The van der Waals surface area contributed by atoms with Gasteiger partial charge in [-0.3, -0.25) is 0 Å². The maximum atomic E-state index is 11.0. The molecule has 0 saturated heterocycles. The summed E-state index contributed by atoms with van der Waals surface area (Å²) >= 11 is 0. The Balaban J connectivity index is 1.62. The average molecular weight is 389 g/mol.